The molecule has 0 aromatic heterocycles. The molecule has 2 atom stereocenters. The number of rotatable bonds is 5. The Bertz CT molecular complexity index is 924. The van der Waals surface area contributed by atoms with Crippen molar-refractivity contribution in [3.63, 3.8) is 0 Å². The minimum atomic E-state index is 0.393. The fraction of sp³-hybridized carbons (Fsp3) is 0.500. The first-order valence-electron chi connectivity index (χ1n) is 10.3. The lowest BCUT2D eigenvalue weighted by Crippen LogP contribution is -2.60. The third-order valence-corrected chi connectivity index (χ3v) is 7.06. The van der Waals surface area contributed by atoms with Crippen molar-refractivity contribution >= 4 is 0 Å². The van der Waals surface area contributed by atoms with Crippen molar-refractivity contribution in [1.82, 2.24) is 0 Å². The van der Waals surface area contributed by atoms with Crippen LogP contribution in [-0.2, 0) is 19.4 Å². The Balaban J connectivity index is 1.89. The molecule has 2 unspecified atom stereocenters. The Morgan fingerprint density at radius 3 is 2.17 bits per heavy atom. The second kappa shape index (κ2) is 7.45. The fourth-order valence-electron chi connectivity index (χ4n) is 5.41. The summed E-state index contributed by atoms with van der Waals surface area (Å²) in [6, 6.07) is 9.51. The van der Waals surface area contributed by atoms with Crippen LogP contribution in [0.4, 0.5) is 0 Å². The average molecular weight is 399 g/mol. The summed E-state index contributed by atoms with van der Waals surface area (Å²) in [4.78, 5) is 0. The summed E-state index contributed by atoms with van der Waals surface area (Å²) in [6.45, 7) is 6.74. The quantitative estimate of drug-likeness (QED) is 0.704. The molecule has 0 radical (unpaired) electrons. The van der Waals surface area contributed by atoms with E-state index in [0.717, 1.165) is 53.4 Å². The van der Waals surface area contributed by atoms with Gasteiger partial charge in [0.2, 0.25) is 0 Å². The second-order valence-electron chi connectivity index (χ2n) is 8.39. The minimum Gasteiger partial charge on any atom is -0.493 e. The molecule has 4 rings (SSSR count). The molecule has 0 fully saturated rings. The summed E-state index contributed by atoms with van der Waals surface area (Å²) < 4.78 is 23.6. The highest BCUT2D eigenvalue weighted by Crippen LogP contribution is 2.50. The topological polar surface area (TPSA) is 36.9 Å². The fourth-order valence-corrected chi connectivity index (χ4v) is 5.41. The lowest BCUT2D eigenvalue weighted by molar-refractivity contribution is -0.991. The summed E-state index contributed by atoms with van der Waals surface area (Å²) in [7, 11) is 6.87. The average Bonchev–Trinajstić information content (AvgIpc) is 2.75. The van der Waals surface area contributed by atoms with Gasteiger partial charge in [-0.05, 0) is 43.2 Å². The minimum absolute atomic E-state index is 0.393. The molecule has 0 amide bonds. The molecule has 5 heteroatoms. The Morgan fingerprint density at radius 1 is 0.862 bits per heavy atom. The van der Waals surface area contributed by atoms with Gasteiger partial charge in [0.25, 0.3) is 0 Å². The molecule has 29 heavy (non-hydrogen) atoms. The molecule has 0 bridgehead atoms. The zero-order chi connectivity index (χ0) is 20.8. The number of fused-ring (bicyclic) bond motifs is 4. The zero-order valence-corrected chi connectivity index (χ0v) is 18.4. The van der Waals surface area contributed by atoms with E-state index in [1.807, 2.05) is 6.07 Å². The van der Waals surface area contributed by atoms with E-state index < -0.39 is 0 Å². The van der Waals surface area contributed by atoms with Gasteiger partial charge in [-0.2, -0.15) is 0 Å². The molecule has 2 aliphatic heterocycles. The van der Waals surface area contributed by atoms with Crippen LogP contribution in [0, 0.1) is 0 Å². The predicted molar refractivity (Wildman–Crippen MR) is 113 cm³/mol. The van der Waals surface area contributed by atoms with Crippen LogP contribution in [0.25, 0.3) is 0 Å². The first-order valence-corrected chi connectivity index (χ1v) is 10.3. The normalized spacial score (nSPS) is 22.4. The van der Waals surface area contributed by atoms with Crippen molar-refractivity contribution in [2.45, 2.75) is 45.3 Å². The van der Waals surface area contributed by atoms with Crippen molar-refractivity contribution in [3.8, 4) is 23.0 Å². The number of nitrogens with zero attached hydrogens (tertiary/aromatic N) is 1. The van der Waals surface area contributed by atoms with Gasteiger partial charge in [0.05, 0.1) is 46.6 Å². The largest absolute Gasteiger partial charge is 0.493 e. The summed E-state index contributed by atoms with van der Waals surface area (Å²) in [5.74, 6) is 3.33. The van der Waals surface area contributed by atoms with Crippen molar-refractivity contribution in [2.75, 3.05) is 35.0 Å². The number of hydrogen-bond donors (Lipinski definition) is 0. The number of methoxy groups -OCH3 is 4. The molecule has 0 saturated heterocycles. The summed E-state index contributed by atoms with van der Waals surface area (Å²) in [5.41, 5.74) is 5.42. The van der Waals surface area contributed by atoms with E-state index in [1.165, 1.54) is 22.3 Å². The van der Waals surface area contributed by atoms with E-state index in [0.29, 0.717) is 12.1 Å². The maximum Gasteiger partial charge on any atom is 0.169 e. The highest BCUT2D eigenvalue weighted by atomic mass is 16.5. The number of quaternary nitrogens is 1. The van der Waals surface area contributed by atoms with Gasteiger partial charge in [-0.3, -0.25) is 0 Å². The summed E-state index contributed by atoms with van der Waals surface area (Å²) >= 11 is 0. The van der Waals surface area contributed by atoms with Gasteiger partial charge in [-0.15, -0.1) is 0 Å². The second-order valence-corrected chi connectivity index (χ2v) is 8.39. The molecule has 0 spiro atoms. The van der Waals surface area contributed by atoms with Gasteiger partial charge >= 0.3 is 0 Å². The number of ether oxygens (including phenoxy) is 4. The summed E-state index contributed by atoms with van der Waals surface area (Å²) in [6.07, 6.45) is 2.02. The smallest absolute Gasteiger partial charge is 0.169 e. The monoisotopic (exact) mass is 398 g/mol. The summed E-state index contributed by atoms with van der Waals surface area (Å²) in [5, 5.41) is 0. The molecule has 156 valence electrons. The van der Waals surface area contributed by atoms with Gasteiger partial charge in [-0.1, -0.05) is 6.07 Å². The molecule has 2 aromatic carbocycles. The molecular formula is C24H32NO4+. The highest BCUT2D eigenvalue weighted by molar-refractivity contribution is 5.53. The first-order chi connectivity index (χ1) is 14.0. The third kappa shape index (κ3) is 2.94. The maximum absolute atomic E-state index is 5.80. The van der Waals surface area contributed by atoms with E-state index in [2.05, 4.69) is 32.0 Å². The molecular weight excluding hydrogens is 366 g/mol. The molecule has 5 nitrogen and oxygen atoms in total. The molecule has 0 N–H and O–H groups in total. The lowest BCUT2D eigenvalue weighted by Gasteiger charge is -2.54. The van der Waals surface area contributed by atoms with Crippen molar-refractivity contribution in [1.29, 1.82) is 0 Å². The first kappa shape index (κ1) is 19.9. The van der Waals surface area contributed by atoms with E-state index in [1.54, 1.807) is 28.4 Å². The lowest BCUT2D eigenvalue weighted by atomic mass is 9.79. The van der Waals surface area contributed by atoms with Crippen LogP contribution < -0.4 is 18.9 Å². The highest BCUT2D eigenvalue weighted by Gasteiger charge is 2.49. The van der Waals surface area contributed by atoms with E-state index in [9.17, 15) is 0 Å². The van der Waals surface area contributed by atoms with Crippen molar-refractivity contribution in [3.05, 3.63) is 46.5 Å². The standard InChI is InChI=1S/C24H32NO4/c1-15(2)25-10-9-17-12-22(27-4)23(28-5)13-18(17)20(25)11-16-7-8-21(26-3)24(29-6)19(16)14-25/h7-8,12-13,15,20H,9-11,14H2,1-6H3/q+1. The van der Waals surface area contributed by atoms with Crippen LogP contribution in [0.1, 0.15) is 42.1 Å². The van der Waals surface area contributed by atoms with Gasteiger partial charge in [-0.25, -0.2) is 0 Å². The van der Waals surface area contributed by atoms with Gasteiger partial charge in [0, 0.05) is 18.4 Å². The Labute approximate surface area is 173 Å². The zero-order valence-electron chi connectivity index (χ0n) is 18.4. The maximum atomic E-state index is 5.80. The van der Waals surface area contributed by atoms with Crippen LogP contribution in [0.15, 0.2) is 24.3 Å². The van der Waals surface area contributed by atoms with E-state index in [4.69, 9.17) is 18.9 Å². The number of hydrogen-bond acceptors (Lipinski definition) is 4. The molecule has 2 aromatic rings. The van der Waals surface area contributed by atoms with Crippen LogP contribution in [0.3, 0.4) is 0 Å². The van der Waals surface area contributed by atoms with Crippen LogP contribution in [0.2, 0.25) is 0 Å². The Kier molecular flexibility index (Phi) is 5.11. The predicted octanol–water partition coefficient (Wildman–Crippen LogP) is 4.30. The molecule has 2 heterocycles. The van der Waals surface area contributed by atoms with Gasteiger partial charge in [0.1, 0.15) is 12.6 Å². The van der Waals surface area contributed by atoms with E-state index in [-0.39, 0.29) is 0 Å². The Morgan fingerprint density at radius 2 is 1.55 bits per heavy atom. The van der Waals surface area contributed by atoms with E-state index >= 15 is 0 Å². The molecule has 0 saturated carbocycles. The van der Waals surface area contributed by atoms with Crippen LogP contribution >= 0.6 is 0 Å². The van der Waals surface area contributed by atoms with Crippen molar-refractivity contribution in [2.24, 2.45) is 0 Å². The van der Waals surface area contributed by atoms with Crippen LogP contribution in [0.5, 0.6) is 23.0 Å². The Hall–Kier alpha value is -2.40. The van der Waals surface area contributed by atoms with Crippen molar-refractivity contribution < 1.29 is 23.4 Å². The molecule has 0 aliphatic carbocycles. The number of benzene rings is 2. The van der Waals surface area contributed by atoms with Crippen LogP contribution in [-0.4, -0.2) is 45.5 Å². The SMILES string of the molecule is COc1cc2c(cc1OC)C1Cc3ccc(OC)c(OC)c3C[N+]1(C(C)C)CC2. The third-order valence-electron chi connectivity index (χ3n) is 7.06. The van der Waals surface area contributed by atoms with Gasteiger partial charge < -0.3 is 23.4 Å². The molecule has 2 aliphatic rings. The van der Waals surface area contributed by atoms with Gasteiger partial charge in [0.15, 0.2) is 23.0 Å².